The van der Waals surface area contributed by atoms with Gasteiger partial charge < -0.3 is 25.5 Å². The summed E-state index contributed by atoms with van der Waals surface area (Å²) in [5.41, 5.74) is 2.35. The van der Waals surface area contributed by atoms with E-state index in [2.05, 4.69) is 15.5 Å². The molecular weight excluding hydrogens is 416 g/mol. The molecule has 1 aliphatic rings. The summed E-state index contributed by atoms with van der Waals surface area (Å²) >= 11 is 0. The van der Waals surface area contributed by atoms with E-state index in [1.54, 1.807) is 41.3 Å². The summed E-state index contributed by atoms with van der Waals surface area (Å²) in [6.45, 7) is 5.17. The van der Waals surface area contributed by atoms with E-state index < -0.39 is 0 Å². The van der Waals surface area contributed by atoms with Crippen molar-refractivity contribution < 1.29 is 14.7 Å². The summed E-state index contributed by atoms with van der Waals surface area (Å²) in [6.07, 6.45) is 4.97. The predicted octanol–water partition coefficient (Wildman–Crippen LogP) is 3.11. The van der Waals surface area contributed by atoms with E-state index in [9.17, 15) is 14.7 Å². The number of carbonyl (C=O) groups excluding carboxylic acids is 2. The number of phenolic OH excluding ortho intramolecular Hbond substituents is 1. The lowest BCUT2D eigenvalue weighted by atomic mass is 10.1. The molecule has 0 atom stereocenters. The Morgan fingerprint density at radius 1 is 1.03 bits per heavy atom. The first kappa shape index (κ1) is 24.7. The first-order chi connectivity index (χ1) is 16.0. The molecule has 0 radical (unpaired) electrons. The second-order valence-electron chi connectivity index (χ2n) is 8.67. The van der Waals surface area contributed by atoms with E-state index in [-0.39, 0.29) is 17.6 Å². The van der Waals surface area contributed by atoms with E-state index in [0.29, 0.717) is 30.8 Å². The van der Waals surface area contributed by atoms with Crippen molar-refractivity contribution >= 4 is 17.5 Å². The van der Waals surface area contributed by atoms with E-state index in [1.165, 1.54) is 19.3 Å². The molecule has 2 aromatic rings. The first-order valence-corrected chi connectivity index (χ1v) is 11.9. The largest absolute Gasteiger partial charge is 0.508 e. The summed E-state index contributed by atoms with van der Waals surface area (Å²) in [6, 6.07) is 14.3. The smallest absolute Gasteiger partial charge is 0.253 e. The minimum Gasteiger partial charge on any atom is -0.508 e. The zero-order valence-electron chi connectivity index (χ0n) is 19.6. The highest BCUT2D eigenvalue weighted by Gasteiger charge is 2.15. The number of anilines is 1. The van der Waals surface area contributed by atoms with Gasteiger partial charge in [-0.2, -0.15) is 0 Å². The minimum atomic E-state index is -0.0878. The number of hydrogen-bond donors (Lipinski definition) is 3. The van der Waals surface area contributed by atoms with Gasteiger partial charge >= 0.3 is 0 Å². The monoisotopic (exact) mass is 452 g/mol. The minimum absolute atomic E-state index is 0.0287. The van der Waals surface area contributed by atoms with E-state index in [4.69, 9.17) is 0 Å². The van der Waals surface area contributed by atoms with Crippen LogP contribution in [0.25, 0.3) is 0 Å². The topological polar surface area (TPSA) is 84.9 Å². The average Bonchev–Trinajstić information content (AvgIpc) is 2.84. The van der Waals surface area contributed by atoms with Crippen LogP contribution in [0.2, 0.25) is 0 Å². The lowest BCUT2D eigenvalue weighted by Gasteiger charge is -2.28. The van der Waals surface area contributed by atoms with Crippen molar-refractivity contribution in [1.29, 1.82) is 0 Å². The normalized spacial score (nSPS) is 14.1. The third kappa shape index (κ3) is 8.51. The van der Waals surface area contributed by atoms with Gasteiger partial charge in [0.15, 0.2) is 0 Å². The van der Waals surface area contributed by atoms with Crippen molar-refractivity contribution in [2.24, 2.45) is 0 Å². The van der Waals surface area contributed by atoms with Gasteiger partial charge in [-0.05, 0) is 74.8 Å². The summed E-state index contributed by atoms with van der Waals surface area (Å²) in [5, 5.41) is 15.5. The van der Waals surface area contributed by atoms with Gasteiger partial charge in [0.2, 0.25) is 5.91 Å². The molecule has 2 amide bonds. The molecule has 1 heterocycles. The maximum atomic E-state index is 12.8. The summed E-state index contributed by atoms with van der Waals surface area (Å²) in [5.74, 6) is 0.146. The SMILES string of the molecule is CN(CCN1CCCCC1)C(=O)c1cccc(NC(=O)CCNCCc2ccc(O)cc2)c1. The van der Waals surface area contributed by atoms with Gasteiger partial charge in [-0.25, -0.2) is 0 Å². The van der Waals surface area contributed by atoms with Gasteiger partial charge in [0.25, 0.3) is 5.91 Å². The van der Waals surface area contributed by atoms with Gasteiger partial charge in [-0.3, -0.25) is 9.59 Å². The number of likely N-dealkylation sites (N-methyl/N-ethyl adjacent to an activating group) is 1. The Morgan fingerprint density at radius 3 is 2.55 bits per heavy atom. The summed E-state index contributed by atoms with van der Waals surface area (Å²) in [7, 11) is 1.83. The number of piperidine rings is 1. The van der Waals surface area contributed by atoms with Crippen LogP contribution in [0.4, 0.5) is 5.69 Å². The summed E-state index contributed by atoms with van der Waals surface area (Å²) in [4.78, 5) is 29.3. The third-order valence-corrected chi connectivity index (χ3v) is 6.00. The van der Waals surface area contributed by atoms with Crippen LogP contribution in [0, 0.1) is 0 Å². The van der Waals surface area contributed by atoms with Gasteiger partial charge in [0.1, 0.15) is 5.75 Å². The number of nitrogens with zero attached hydrogens (tertiary/aromatic N) is 2. The Labute approximate surface area is 196 Å². The van der Waals surface area contributed by atoms with Crippen molar-refractivity contribution in [2.75, 3.05) is 51.6 Å². The molecule has 0 aliphatic carbocycles. The molecule has 178 valence electrons. The molecule has 0 unspecified atom stereocenters. The molecule has 7 nitrogen and oxygen atoms in total. The molecular formula is C26H36N4O3. The van der Waals surface area contributed by atoms with Crippen molar-refractivity contribution in [3.8, 4) is 5.75 Å². The Bertz CT molecular complexity index is 895. The number of hydrogen-bond acceptors (Lipinski definition) is 5. The number of carbonyl (C=O) groups is 2. The molecule has 0 bridgehead atoms. The molecule has 33 heavy (non-hydrogen) atoms. The average molecular weight is 453 g/mol. The molecule has 0 spiro atoms. The molecule has 1 saturated heterocycles. The lowest BCUT2D eigenvalue weighted by molar-refractivity contribution is -0.116. The van der Waals surface area contributed by atoms with Crippen LogP contribution in [0.5, 0.6) is 5.75 Å². The number of nitrogens with one attached hydrogen (secondary N) is 2. The number of phenols is 1. The van der Waals surface area contributed by atoms with Gasteiger partial charge in [0, 0.05) is 44.4 Å². The fraction of sp³-hybridized carbons (Fsp3) is 0.462. The van der Waals surface area contributed by atoms with Crippen LogP contribution < -0.4 is 10.6 Å². The summed E-state index contributed by atoms with van der Waals surface area (Å²) < 4.78 is 0. The lowest BCUT2D eigenvalue weighted by Crippen LogP contribution is -2.38. The highest BCUT2D eigenvalue weighted by molar-refractivity contribution is 5.97. The molecule has 1 fully saturated rings. The van der Waals surface area contributed by atoms with Gasteiger partial charge in [0.05, 0.1) is 0 Å². The second-order valence-corrected chi connectivity index (χ2v) is 8.67. The highest BCUT2D eigenvalue weighted by Crippen LogP contribution is 2.14. The van der Waals surface area contributed by atoms with Crippen molar-refractivity contribution in [1.82, 2.24) is 15.1 Å². The Kier molecular flexibility index (Phi) is 9.72. The maximum Gasteiger partial charge on any atom is 0.253 e. The zero-order chi connectivity index (χ0) is 23.5. The molecule has 0 aromatic heterocycles. The van der Waals surface area contributed by atoms with E-state index in [0.717, 1.165) is 38.2 Å². The van der Waals surface area contributed by atoms with Crippen molar-refractivity contribution in [3.63, 3.8) is 0 Å². The Balaban J connectivity index is 1.37. The standard InChI is InChI=1S/C26H36N4O3/c1-29(18-19-30-16-3-2-4-17-30)26(33)22-6-5-7-23(20-22)28-25(32)13-15-27-14-12-21-8-10-24(31)11-9-21/h5-11,20,27,31H,2-4,12-19H2,1H3,(H,28,32). The number of aromatic hydroxyl groups is 1. The molecule has 3 N–H and O–H groups in total. The van der Waals surface area contributed by atoms with Gasteiger partial charge in [-0.15, -0.1) is 0 Å². The van der Waals surface area contributed by atoms with Crippen molar-refractivity contribution in [3.05, 3.63) is 59.7 Å². The van der Waals surface area contributed by atoms with Gasteiger partial charge in [-0.1, -0.05) is 24.6 Å². The van der Waals surface area contributed by atoms with E-state index in [1.807, 2.05) is 19.2 Å². The Morgan fingerprint density at radius 2 is 1.79 bits per heavy atom. The fourth-order valence-corrected chi connectivity index (χ4v) is 3.97. The Hall–Kier alpha value is -2.90. The van der Waals surface area contributed by atoms with Crippen LogP contribution in [-0.4, -0.2) is 73.0 Å². The molecule has 7 heteroatoms. The number of benzene rings is 2. The van der Waals surface area contributed by atoms with Crippen LogP contribution in [0.3, 0.4) is 0 Å². The molecule has 2 aromatic carbocycles. The van der Waals surface area contributed by atoms with E-state index >= 15 is 0 Å². The maximum absolute atomic E-state index is 12.8. The number of likely N-dealkylation sites (tertiary alicyclic amines) is 1. The van der Waals surface area contributed by atoms with Crippen LogP contribution >= 0.6 is 0 Å². The number of amides is 2. The zero-order valence-corrected chi connectivity index (χ0v) is 19.6. The van der Waals surface area contributed by atoms with Crippen LogP contribution in [0.1, 0.15) is 41.6 Å². The predicted molar refractivity (Wildman–Crippen MR) is 132 cm³/mol. The third-order valence-electron chi connectivity index (χ3n) is 6.00. The molecule has 3 rings (SSSR count). The number of rotatable bonds is 11. The van der Waals surface area contributed by atoms with Crippen LogP contribution in [0.15, 0.2) is 48.5 Å². The quantitative estimate of drug-likeness (QED) is 0.456. The van der Waals surface area contributed by atoms with Crippen LogP contribution in [-0.2, 0) is 11.2 Å². The first-order valence-electron chi connectivity index (χ1n) is 11.9. The second kappa shape index (κ2) is 13.0. The molecule has 0 saturated carbocycles. The fourth-order valence-electron chi connectivity index (χ4n) is 3.97. The molecule has 1 aliphatic heterocycles. The van der Waals surface area contributed by atoms with Crippen molar-refractivity contribution in [2.45, 2.75) is 32.1 Å². The highest BCUT2D eigenvalue weighted by atomic mass is 16.3.